The summed E-state index contributed by atoms with van der Waals surface area (Å²) in [6.45, 7) is 5.16. The zero-order valence-electron chi connectivity index (χ0n) is 14.6. The molecule has 1 saturated carbocycles. The van der Waals surface area contributed by atoms with E-state index in [1.807, 2.05) is 13.8 Å². The van der Waals surface area contributed by atoms with Gasteiger partial charge in [0.15, 0.2) is 11.6 Å². The first-order chi connectivity index (χ1) is 11.7. The van der Waals surface area contributed by atoms with E-state index < -0.39 is 11.2 Å². The van der Waals surface area contributed by atoms with Gasteiger partial charge in [-0.15, -0.1) is 0 Å². The number of rotatable bonds is 4. The van der Waals surface area contributed by atoms with E-state index in [9.17, 15) is 14.0 Å². The van der Waals surface area contributed by atoms with Crippen LogP contribution in [0, 0.1) is 5.82 Å². The monoisotopic (exact) mass is 346 g/mol. The van der Waals surface area contributed by atoms with Crippen LogP contribution in [0.4, 0.5) is 15.8 Å². The zero-order chi connectivity index (χ0) is 18.5. The van der Waals surface area contributed by atoms with Crippen molar-refractivity contribution in [3.63, 3.8) is 0 Å². The van der Waals surface area contributed by atoms with E-state index in [0.717, 1.165) is 12.8 Å². The summed E-state index contributed by atoms with van der Waals surface area (Å²) in [4.78, 5) is 24.4. The number of fused-ring (bicyclic) bond motifs is 1. The summed E-state index contributed by atoms with van der Waals surface area (Å²) < 4.78 is 16.5. The molecule has 0 aliphatic heterocycles. The van der Waals surface area contributed by atoms with Gasteiger partial charge in [0.25, 0.3) is 0 Å². The van der Waals surface area contributed by atoms with Crippen molar-refractivity contribution in [1.82, 2.24) is 4.57 Å². The molecule has 0 spiro atoms. The SMILES string of the molecule is CC(=O)c1cn(C(C)C)c2cc(NC3CC(N)C3)c(F)c(N)c2c1=O. The third kappa shape index (κ3) is 2.89. The van der Waals surface area contributed by atoms with Crippen LogP contribution >= 0.6 is 0 Å². The van der Waals surface area contributed by atoms with Crippen molar-refractivity contribution in [2.45, 2.75) is 51.7 Å². The Hall–Kier alpha value is -2.41. The van der Waals surface area contributed by atoms with E-state index >= 15 is 0 Å². The van der Waals surface area contributed by atoms with Crippen LogP contribution in [-0.2, 0) is 0 Å². The van der Waals surface area contributed by atoms with Crippen molar-refractivity contribution in [2.75, 3.05) is 11.1 Å². The van der Waals surface area contributed by atoms with Crippen LogP contribution in [0.1, 0.15) is 50.0 Å². The molecule has 7 heteroatoms. The van der Waals surface area contributed by atoms with E-state index in [0.29, 0.717) is 5.52 Å². The quantitative estimate of drug-likeness (QED) is 0.583. The summed E-state index contributed by atoms with van der Waals surface area (Å²) in [5, 5.41) is 3.17. The van der Waals surface area contributed by atoms with Gasteiger partial charge in [0.1, 0.15) is 0 Å². The zero-order valence-corrected chi connectivity index (χ0v) is 14.6. The minimum atomic E-state index is -0.666. The Balaban J connectivity index is 2.25. The fourth-order valence-electron chi connectivity index (χ4n) is 3.29. The van der Waals surface area contributed by atoms with Crippen molar-refractivity contribution in [3.05, 3.63) is 33.9 Å². The lowest BCUT2D eigenvalue weighted by atomic mass is 9.87. The Bertz CT molecular complexity index is 914. The van der Waals surface area contributed by atoms with Gasteiger partial charge in [-0.2, -0.15) is 0 Å². The molecule has 1 aliphatic rings. The Morgan fingerprint density at radius 1 is 1.40 bits per heavy atom. The molecule has 25 heavy (non-hydrogen) atoms. The number of anilines is 2. The van der Waals surface area contributed by atoms with Crippen molar-refractivity contribution in [2.24, 2.45) is 5.73 Å². The van der Waals surface area contributed by atoms with Crippen LogP contribution in [0.25, 0.3) is 10.9 Å². The smallest absolute Gasteiger partial charge is 0.202 e. The Morgan fingerprint density at radius 3 is 2.56 bits per heavy atom. The van der Waals surface area contributed by atoms with Crippen LogP contribution in [0.15, 0.2) is 17.1 Å². The minimum Gasteiger partial charge on any atom is -0.396 e. The minimum absolute atomic E-state index is 0.0120. The molecule has 1 aromatic carbocycles. The van der Waals surface area contributed by atoms with E-state index in [4.69, 9.17) is 11.5 Å². The fraction of sp³-hybridized carbons (Fsp3) is 0.444. The molecule has 5 N–H and O–H groups in total. The largest absolute Gasteiger partial charge is 0.396 e. The van der Waals surface area contributed by atoms with Crippen LogP contribution in [0.2, 0.25) is 0 Å². The Labute approximate surface area is 145 Å². The number of carbonyl (C=O) groups is 1. The molecule has 1 heterocycles. The topological polar surface area (TPSA) is 103 Å². The normalized spacial score (nSPS) is 19.9. The standard InChI is InChI=1S/C18H23FN4O2/c1-8(2)23-7-12(9(3)24)18(25)15-14(23)6-13(16(19)17(15)21)22-11-4-10(20)5-11/h6-8,10-11,22H,4-5,20-21H2,1-3H3. The number of hydrogen-bond acceptors (Lipinski definition) is 5. The van der Waals surface area contributed by atoms with Crippen LogP contribution < -0.4 is 22.2 Å². The molecule has 0 bridgehead atoms. The summed E-state index contributed by atoms with van der Waals surface area (Å²) in [6.07, 6.45) is 3.05. The highest BCUT2D eigenvalue weighted by Gasteiger charge is 2.28. The average Bonchev–Trinajstić information content (AvgIpc) is 2.49. The van der Waals surface area contributed by atoms with Crippen LogP contribution in [-0.4, -0.2) is 22.4 Å². The second-order valence-electron chi connectivity index (χ2n) is 7.05. The van der Waals surface area contributed by atoms with Gasteiger partial charge in [0, 0.05) is 24.3 Å². The summed E-state index contributed by atoms with van der Waals surface area (Å²) in [7, 11) is 0. The van der Waals surface area contributed by atoms with Crippen molar-refractivity contribution in [1.29, 1.82) is 0 Å². The lowest BCUT2D eigenvalue weighted by molar-refractivity contribution is 0.101. The molecule has 6 nitrogen and oxygen atoms in total. The molecule has 0 amide bonds. The molecule has 3 rings (SSSR count). The van der Waals surface area contributed by atoms with Gasteiger partial charge in [0.05, 0.1) is 27.8 Å². The van der Waals surface area contributed by atoms with Gasteiger partial charge in [-0.05, 0) is 39.7 Å². The Kier molecular flexibility index (Phi) is 4.28. The number of halogens is 1. The van der Waals surface area contributed by atoms with E-state index in [1.54, 1.807) is 10.6 Å². The number of nitrogens with one attached hydrogen (secondary N) is 1. The lowest BCUT2D eigenvalue weighted by Crippen LogP contribution is -2.44. The fourth-order valence-corrected chi connectivity index (χ4v) is 3.29. The second kappa shape index (κ2) is 6.15. The predicted molar refractivity (Wildman–Crippen MR) is 97.6 cm³/mol. The molecule has 1 aliphatic carbocycles. The van der Waals surface area contributed by atoms with Crippen molar-refractivity contribution in [3.8, 4) is 0 Å². The summed E-state index contributed by atoms with van der Waals surface area (Å²) in [6, 6.07) is 1.79. The van der Waals surface area contributed by atoms with Crippen LogP contribution in [0.3, 0.4) is 0 Å². The molecule has 0 unspecified atom stereocenters. The number of Topliss-reactive ketones (excluding diaryl/α,β-unsaturated/α-hetero) is 1. The van der Waals surface area contributed by atoms with E-state index in [-0.39, 0.29) is 46.2 Å². The van der Waals surface area contributed by atoms with Gasteiger partial charge in [0.2, 0.25) is 5.43 Å². The van der Waals surface area contributed by atoms with Crippen molar-refractivity contribution >= 4 is 28.1 Å². The van der Waals surface area contributed by atoms with E-state index in [2.05, 4.69) is 5.32 Å². The first-order valence-corrected chi connectivity index (χ1v) is 8.40. The molecular formula is C18H23FN4O2. The maximum absolute atomic E-state index is 14.7. The number of carbonyl (C=O) groups excluding carboxylic acids is 1. The van der Waals surface area contributed by atoms with Gasteiger partial charge >= 0.3 is 0 Å². The highest BCUT2D eigenvalue weighted by molar-refractivity contribution is 6.01. The molecule has 0 saturated heterocycles. The lowest BCUT2D eigenvalue weighted by Gasteiger charge is -2.34. The first kappa shape index (κ1) is 17.4. The van der Waals surface area contributed by atoms with Gasteiger partial charge in [-0.3, -0.25) is 9.59 Å². The number of benzene rings is 1. The first-order valence-electron chi connectivity index (χ1n) is 8.40. The third-order valence-corrected chi connectivity index (χ3v) is 4.77. The molecule has 0 atom stereocenters. The summed E-state index contributed by atoms with van der Waals surface area (Å²) in [5.74, 6) is -1.03. The number of nitrogens with two attached hydrogens (primary N) is 2. The molecule has 1 fully saturated rings. The van der Waals surface area contributed by atoms with Crippen molar-refractivity contribution < 1.29 is 9.18 Å². The predicted octanol–water partition coefficient (Wildman–Crippen LogP) is 2.41. The molecule has 2 aromatic rings. The molecule has 0 radical (unpaired) electrons. The van der Waals surface area contributed by atoms with Crippen LogP contribution in [0.5, 0.6) is 0 Å². The number of nitrogens with zero attached hydrogens (tertiary/aromatic N) is 1. The Morgan fingerprint density at radius 2 is 2.04 bits per heavy atom. The number of pyridine rings is 1. The number of ketones is 1. The molecule has 1 aromatic heterocycles. The van der Waals surface area contributed by atoms with Gasteiger partial charge in [-0.1, -0.05) is 0 Å². The summed E-state index contributed by atoms with van der Waals surface area (Å²) in [5.41, 5.74) is 11.7. The highest BCUT2D eigenvalue weighted by atomic mass is 19.1. The summed E-state index contributed by atoms with van der Waals surface area (Å²) >= 11 is 0. The highest BCUT2D eigenvalue weighted by Crippen LogP contribution is 2.32. The maximum Gasteiger partial charge on any atom is 0.202 e. The van der Waals surface area contributed by atoms with Gasteiger partial charge in [-0.25, -0.2) is 4.39 Å². The average molecular weight is 346 g/mol. The third-order valence-electron chi connectivity index (χ3n) is 4.77. The number of aromatic nitrogens is 1. The maximum atomic E-state index is 14.7. The number of nitrogen functional groups attached to an aromatic ring is 1. The second-order valence-corrected chi connectivity index (χ2v) is 7.05. The van der Waals surface area contributed by atoms with E-state index in [1.165, 1.54) is 13.1 Å². The number of hydrogen-bond donors (Lipinski definition) is 3. The molecule has 134 valence electrons. The van der Waals surface area contributed by atoms with Gasteiger partial charge < -0.3 is 21.4 Å². The molecular weight excluding hydrogens is 323 g/mol.